The average Bonchev–Trinajstić information content (AvgIpc) is 3.13. The fourth-order valence-electron chi connectivity index (χ4n) is 2.41. The third kappa shape index (κ3) is 3.98. The van der Waals surface area contributed by atoms with Crippen molar-refractivity contribution in [1.29, 1.82) is 0 Å². The number of nitrogens with zero attached hydrogens (tertiary/aromatic N) is 2. The summed E-state index contributed by atoms with van der Waals surface area (Å²) in [5, 5.41) is 5.72. The second-order valence-corrected chi connectivity index (χ2v) is 6.08. The summed E-state index contributed by atoms with van der Waals surface area (Å²) in [6.07, 6.45) is 1.42. The molecule has 0 radical (unpaired) electrons. The van der Waals surface area contributed by atoms with E-state index in [1.165, 1.54) is 16.9 Å². The van der Waals surface area contributed by atoms with Crippen LogP contribution in [0.1, 0.15) is 21.6 Å². The molecule has 0 bridgehead atoms. The Kier molecular flexibility index (Phi) is 5.34. The number of benzene rings is 2. The summed E-state index contributed by atoms with van der Waals surface area (Å²) in [4.78, 5) is 12.1. The molecule has 1 aromatic heterocycles. The molecule has 3 aromatic rings. The Labute approximate surface area is 157 Å². The van der Waals surface area contributed by atoms with Crippen LogP contribution in [-0.4, -0.2) is 15.7 Å². The van der Waals surface area contributed by atoms with Gasteiger partial charge >= 0.3 is 0 Å². The highest BCUT2D eigenvalue weighted by Crippen LogP contribution is 2.24. The van der Waals surface area contributed by atoms with Gasteiger partial charge in [0.05, 0.1) is 0 Å². The fraction of sp³-hybridized carbons (Fsp3) is 0.158. The molecule has 0 aliphatic heterocycles. The molecule has 0 unspecified atom stereocenters. The van der Waals surface area contributed by atoms with Crippen molar-refractivity contribution in [3.05, 3.63) is 76.6 Å². The lowest BCUT2D eigenvalue weighted by molar-refractivity contribution is 0.101. The van der Waals surface area contributed by atoms with Crippen LogP contribution in [0.5, 0.6) is 5.75 Å². The molecule has 0 atom stereocenters. The molecule has 1 N–H and O–H groups in total. The van der Waals surface area contributed by atoms with E-state index in [4.69, 9.17) is 4.74 Å². The molecular weight excluding hydrogens is 378 g/mol. The second-order valence-electron chi connectivity index (χ2n) is 6.08. The predicted octanol–water partition coefficient (Wildman–Crippen LogP) is 4.35. The van der Waals surface area contributed by atoms with Crippen LogP contribution in [0.25, 0.3) is 0 Å². The molecule has 3 rings (SSSR count). The molecular formula is C19H15F4N3O2. The predicted molar refractivity (Wildman–Crippen MR) is 93.0 cm³/mol. The van der Waals surface area contributed by atoms with Crippen LogP contribution in [0.4, 0.5) is 23.2 Å². The molecule has 0 aliphatic rings. The lowest BCUT2D eigenvalue weighted by Gasteiger charge is -2.10. The Morgan fingerprint density at radius 1 is 1.07 bits per heavy atom. The summed E-state index contributed by atoms with van der Waals surface area (Å²) in [7, 11) is 0. The monoisotopic (exact) mass is 393 g/mol. The SMILES string of the molecule is Cc1ccc(C)c(OCn2ccc(C(=O)Nc3c(F)c(F)cc(F)c3F)n2)c1. The minimum atomic E-state index is -1.70. The summed E-state index contributed by atoms with van der Waals surface area (Å²) in [6.45, 7) is 3.77. The minimum Gasteiger partial charge on any atom is -0.471 e. The van der Waals surface area contributed by atoms with Gasteiger partial charge in [-0.2, -0.15) is 5.10 Å². The number of aryl methyl sites for hydroxylation is 2. The van der Waals surface area contributed by atoms with Gasteiger partial charge in [-0.1, -0.05) is 12.1 Å². The first-order chi connectivity index (χ1) is 13.3. The highest BCUT2D eigenvalue weighted by Gasteiger charge is 2.22. The Morgan fingerprint density at radius 3 is 2.43 bits per heavy atom. The number of halogens is 4. The molecule has 0 fully saturated rings. The van der Waals surface area contributed by atoms with Gasteiger partial charge < -0.3 is 10.1 Å². The van der Waals surface area contributed by atoms with Crippen LogP contribution in [0.2, 0.25) is 0 Å². The maximum atomic E-state index is 13.7. The number of hydrogen-bond acceptors (Lipinski definition) is 3. The Bertz CT molecular complexity index is 1020. The van der Waals surface area contributed by atoms with Crippen molar-refractivity contribution in [2.24, 2.45) is 0 Å². The van der Waals surface area contributed by atoms with E-state index in [2.05, 4.69) is 5.10 Å². The van der Waals surface area contributed by atoms with Gasteiger partial charge in [0.2, 0.25) is 0 Å². The van der Waals surface area contributed by atoms with E-state index in [0.29, 0.717) is 5.75 Å². The third-order valence-corrected chi connectivity index (χ3v) is 3.92. The summed E-state index contributed by atoms with van der Waals surface area (Å²) in [5.74, 6) is -7.05. The minimum absolute atomic E-state index is 0.0190. The zero-order valence-electron chi connectivity index (χ0n) is 14.9. The normalized spacial score (nSPS) is 10.8. The second kappa shape index (κ2) is 7.71. The molecule has 0 saturated heterocycles. The maximum Gasteiger partial charge on any atom is 0.276 e. The van der Waals surface area contributed by atoms with Gasteiger partial charge in [-0.3, -0.25) is 4.79 Å². The molecule has 5 nitrogen and oxygen atoms in total. The van der Waals surface area contributed by atoms with Gasteiger partial charge in [0.1, 0.15) is 11.4 Å². The average molecular weight is 393 g/mol. The standard InChI is InChI=1S/C19H15F4N3O2/c1-10-3-4-11(2)15(7-10)28-9-26-6-5-14(25-26)19(27)24-18-16(22)12(20)8-13(21)17(18)23/h3-8H,9H2,1-2H3,(H,24,27). The number of hydrogen-bond donors (Lipinski definition) is 1. The Morgan fingerprint density at radius 2 is 1.75 bits per heavy atom. The summed E-state index contributed by atoms with van der Waals surface area (Å²) in [5.41, 5.74) is 0.485. The molecule has 28 heavy (non-hydrogen) atoms. The van der Waals surface area contributed by atoms with Gasteiger partial charge in [-0.15, -0.1) is 0 Å². The highest BCUT2D eigenvalue weighted by atomic mass is 19.2. The smallest absolute Gasteiger partial charge is 0.276 e. The molecule has 0 saturated carbocycles. The van der Waals surface area contributed by atoms with E-state index in [1.54, 1.807) is 5.32 Å². The number of amides is 1. The van der Waals surface area contributed by atoms with Crippen LogP contribution in [0, 0.1) is 37.1 Å². The molecule has 146 valence electrons. The Hall–Kier alpha value is -3.36. The zero-order chi connectivity index (χ0) is 20.4. The van der Waals surface area contributed by atoms with Gasteiger partial charge in [-0.25, -0.2) is 22.2 Å². The number of anilines is 1. The first-order valence-corrected chi connectivity index (χ1v) is 8.14. The van der Waals surface area contributed by atoms with Crippen molar-refractivity contribution in [3.63, 3.8) is 0 Å². The first kappa shape index (κ1) is 19.4. The highest BCUT2D eigenvalue weighted by molar-refractivity contribution is 6.02. The van der Waals surface area contributed by atoms with Crippen LogP contribution in [0.3, 0.4) is 0 Å². The van der Waals surface area contributed by atoms with Crippen molar-refractivity contribution in [2.75, 3.05) is 5.32 Å². The van der Waals surface area contributed by atoms with E-state index in [-0.39, 0.29) is 18.5 Å². The van der Waals surface area contributed by atoms with Crippen molar-refractivity contribution in [1.82, 2.24) is 9.78 Å². The van der Waals surface area contributed by atoms with Crippen LogP contribution in [0.15, 0.2) is 36.5 Å². The van der Waals surface area contributed by atoms with Gasteiger partial charge in [-0.05, 0) is 37.1 Å². The van der Waals surface area contributed by atoms with Crippen molar-refractivity contribution in [3.8, 4) is 5.75 Å². The number of carbonyl (C=O) groups is 1. The van der Waals surface area contributed by atoms with Crippen LogP contribution in [-0.2, 0) is 6.73 Å². The Balaban J connectivity index is 1.72. The largest absolute Gasteiger partial charge is 0.471 e. The molecule has 1 heterocycles. The van der Waals surface area contributed by atoms with E-state index < -0.39 is 34.9 Å². The molecule has 0 spiro atoms. The van der Waals surface area contributed by atoms with Gasteiger partial charge in [0, 0.05) is 12.3 Å². The van der Waals surface area contributed by atoms with Crippen molar-refractivity contribution in [2.45, 2.75) is 20.6 Å². The summed E-state index contributed by atoms with van der Waals surface area (Å²) in [6, 6.07) is 7.00. The van der Waals surface area contributed by atoms with Crippen molar-refractivity contribution >= 4 is 11.6 Å². The number of nitrogens with one attached hydrogen (secondary N) is 1. The molecule has 9 heteroatoms. The molecule has 0 aliphatic carbocycles. The quantitative estimate of drug-likeness (QED) is 0.518. The van der Waals surface area contributed by atoms with E-state index in [9.17, 15) is 22.4 Å². The van der Waals surface area contributed by atoms with E-state index in [0.717, 1.165) is 11.1 Å². The summed E-state index contributed by atoms with van der Waals surface area (Å²) < 4.78 is 60.7. The van der Waals surface area contributed by atoms with E-state index in [1.807, 2.05) is 32.0 Å². The van der Waals surface area contributed by atoms with E-state index >= 15 is 0 Å². The maximum absolute atomic E-state index is 13.7. The summed E-state index contributed by atoms with van der Waals surface area (Å²) >= 11 is 0. The number of aromatic nitrogens is 2. The molecule has 2 aromatic carbocycles. The zero-order valence-corrected chi connectivity index (χ0v) is 14.9. The fourth-order valence-corrected chi connectivity index (χ4v) is 2.41. The lowest BCUT2D eigenvalue weighted by Crippen LogP contribution is -2.17. The topological polar surface area (TPSA) is 56.1 Å². The number of ether oxygens (including phenoxy) is 1. The van der Waals surface area contributed by atoms with Crippen molar-refractivity contribution < 1.29 is 27.1 Å². The van der Waals surface area contributed by atoms with Gasteiger partial charge in [0.15, 0.2) is 35.7 Å². The lowest BCUT2D eigenvalue weighted by atomic mass is 10.1. The van der Waals surface area contributed by atoms with Crippen LogP contribution < -0.4 is 10.1 Å². The van der Waals surface area contributed by atoms with Gasteiger partial charge in [0.25, 0.3) is 5.91 Å². The molecule has 1 amide bonds. The number of rotatable bonds is 5. The number of carbonyl (C=O) groups excluding carboxylic acids is 1. The third-order valence-electron chi connectivity index (χ3n) is 3.92. The van der Waals surface area contributed by atoms with Crippen LogP contribution >= 0.6 is 0 Å². The first-order valence-electron chi connectivity index (χ1n) is 8.14.